The number of nitrogens with zero attached hydrogens (tertiary/aromatic N) is 3. The van der Waals surface area contributed by atoms with E-state index in [0.29, 0.717) is 11.7 Å². The first kappa shape index (κ1) is 10.3. The zero-order chi connectivity index (χ0) is 12.1. The third-order valence-corrected chi connectivity index (χ3v) is 4.01. The van der Waals surface area contributed by atoms with E-state index in [-0.39, 0.29) is 5.56 Å². The summed E-state index contributed by atoms with van der Waals surface area (Å²) in [7, 11) is 0. The van der Waals surface area contributed by atoms with Gasteiger partial charge in [0.2, 0.25) is 5.78 Å². The Hall–Kier alpha value is -1.65. The van der Waals surface area contributed by atoms with Crippen molar-refractivity contribution in [3.8, 4) is 0 Å². The second kappa shape index (κ2) is 3.67. The molecular weight excluding hydrogens is 228 g/mol. The van der Waals surface area contributed by atoms with Crippen LogP contribution in [-0.2, 0) is 12.8 Å². The first-order valence-electron chi connectivity index (χ1n) is 6.83. The molecule has 2 heterocycles. The lowest BCUT2D eigenvalue weighted by Gasteiger charge is -2.05. The van der Waals surface area contributed by atoms with Gasteiger partial charge >= 0.3 is 0 Å². The predicted molar refractivity (Wildman–Crippen MR) is 66.8 cm³/mol. The van der Waals surface area contributed by atoms with Crippen LogP contribution < -0.4 is 5.56 Å². The molecule has 2 aromatic heterocycles. The van der Waals surface area contributed by atoms with Gasteiger partial charge in [-0.25, -0.2) is 4.52 Å². The molecule has 1 fully saturated rings. The Morgan fingerprint density at radius 1 is 1.17 bits per heavy atom. The lowest BCUT2D eigenvalue weighted by Crippen LogP contribution is -2.19. The van der Waals surface area contributed by atoms with E-state index in [1.54, 1.807) is 0 Å². The monoisotopic (exact) mass is 244 g/mol. The number of fused-ring (bicyclic) bond motifs is 3. The average Bonchev–Trinajstić information content (AvgIpc) is 3.15. The number of hydrogen-bond acceptors (Lipinski definition) is 3. The quantitative estimate of drug-likeness (QED) is 0.774. The summed E-state index contributed by atoms with van der Waals surface area (Å²) in [6.45, 7) is 0. The molecule has 2 aliphatic carbocycles. The number of aryl methyl sites for hydroxylation is 1. The molecule has 2 aromatic rings. The highest BCUT2D eigenvalue weighted by Crippen LogP contribution is 2.38. The van der Waals surface area contributed by atoms with Crippen molar-refractivity contribution in [2.45, 2.75) is 50.9 Å². The summed E-state index contributed by atoms with van der Waals surface area (Å²) < 4.78 is 1.88. The molecule has 0 spiro atoms. The van der Waals surface area contributed by atoms with Crippen LogP contribution in [0.5, 0.6) is 0 Å². The fraction of sp³-hybridized carbons (Fsp3) is 0.615. The van der Waals surface area contributed by atoms with Gasteiger partial charge in [0.1, 0.15) is 0 Å². The summed E-state index contributed by atoms with van der Waals surface area (Å²) in [5.74, 6) is 2.06. The van der Waals surface area contributed by atoms with Gasteiger partial charge in [-0.2, -0.15) is 4.98 Å². The standard InChI is InChI=1S/C13H16N4O/c18-12-9-4-2-1-3-5-10(9)17-13(15-12)14-11(16-17)8-6-7-8/h8H,1-7H2,(H,14,15,16,18). The van der Waals surface area contributed by atoms with E-state index < -0.39 is 0 Å². The molecule has 0 unspecified atom stereocenters. The van der Waals surface area contributed by atoms with Gasteiger partial charge in [-0.15, -0.1) is 5.10 Å². The van der Waals surface area contributed by atoms with E-state index in [1.807, 2.05) is 4.52 Å². The van der Waals surface area contributed by atoms with Crippen molar-refractivity contribution in [2.24, 2.45) is 0 Å². The van der Waals surface area contributed by atoms with E-state index in [0.717, 1.165) is 42.8 Å². The van der Waals surface area contributed by atoms with E-state index >= 15 is 0 Å². The maximum Gasteiger partial charge on any atom is 0.255 e. The molecule has 1 saturated carbocycles. The molecule has 0 aromatic carbocycles. The Morgan fingerprint density at radius 2 is 2.00 bits per heavy atom. The molecule has 0 aliphatic heterocycles. The Balaban J connectivity index is 1.98. The molecule has 0 atom stereocenters. The fourth-order valence-electron chi connectivity index (χ4n) is 2.83. The van der Waals surface area contributed by atoms with Crippen LogP contribution in [-0.4, -0.2) is 19.6 Å². The van der Waals surface area contributed by atoms with E-state index in [1.165, 1.54) is 19.3 Å². The number of aromatic amines is 1. The molecular formula is C13H16N4O. The number of hydrogen-bond donors (Lipinski definition) is 1. The van der Waals surface area contributed by atoms with Gasteiger partial charge in [0.15, 0.2) is 5.82 Å². The van der Waals surface area contributed by atoms with Crippen molar-refractivity contribution in [2.75, 3.05) is 0 Å². The molecule has 18 heavy (non-hydrogen) atoms. The highest BCUT2D eigenvalue weighted by atomic mass is 16.1. The van der Waals surface area contributed by atoms with E-state index in [4.69, 9.17) is 0 Å². The Bertz CT molecular complexity index is 665. The average molecular weight is 244 g/mol. The van der Waals surface area contributed by atoms with E-state index in [2.05, 4.69) is 15.1 Å². The van der Waals surface area contributed by atoms with Crippen molar-refractivity contribution in [1.82, 2.24) is 19.6 Å². The summed E-state index contributed by atoms with van der Waals surface area (Å²) in [5, 5.41) is 4.61. The molecule has 0 radical (unpaired) electrons. The van der Waals surface area contributed by atoms with Crippen molar-refractivity contribution >= 4 is 5.78 Å². The van der Waals surface area contributed by atoms with Crippen molar-refractivity contribution < 1.29 is 0 Å². The van der Waals surface area contributed by atoms with Crippen molar-refractivity contribution in [1.29, 1.82) is 0 Å². The second-order valence-corrected chi connectivity index (χ2v) is 5.42. The van der Waals surface area contributed by atoms with Gasteiger partial charge in [0, 0.05) is 11.5 Å². The van der Waals surface area contributed by atoms with Crippen LogP contribution >= 0.6 is 0 Å². The molecule has 2 aliphatic rings. The SMILES string of the molecule is O=c1[nH]c2nc(C3CC3)nn2c2c1CCCCC2. The zero-order valence-electron chi connectivity index (χ0n) is 10.3. The molecule has 4 rings (SSSR count). The predicted octanol–water partition coefficient (Wildman–Crippen LogP) is 1.56. The van der Waals surface area contributed by atoms with Gasteiger partial charge in [0.05, 0.1) is 5.69 Å². The summed E-state index contributed by atoms with van der Waals surface area (Å²) in [6, 6.07) is 0. The third kappa shape index (κ3) is 1.50. The maximum absolute atomic E-state index is 12.1. The Labute approximate surface area is 104 Å². The van der Waals surface area contributed by atoms with E-state index in [9.17, 15) is 4.79 Å². The van der Waals surface area contributed by atoms with Crippen LogP contribution in [0.1, 0.15) is 55.1 Å². The minimum absolute atomic E-state index is 0.0362. The van der Waals surface area contributed by atoms with Crippen LogP contribution in [0.25, 0.3) is 5.78 Å². The smallest absolute Gasteiger partial charge is 0.255 e. The summed E-state index contributed by atoms with van der Waals surface area (Å²) >= 11 is 0. The third-order valence-electron chi connectivity index (χ3n) is 4.01. The largest absolute Gasteiger partial charge is 0.291 e. The minimum Gasteiger partial charge on any atom is -0.291 e. The molecule has 1 N–H and O–H groups in total. The van der Waals surface area contributed by atoms with Crippen LogP contribution in [0.2, 0.25) is 0 Å². The highest BCUT2D eigenvalue weighted by Gasteiger charge is 2.29. The molecule has 0 saturated heterocycles. The Morgan fingerprint density at radius 3 is 2.83 bits per heavy atom. The van der Waals surface area contributed by atoms with Crippen LogP contribution in [0.15, 0.2) is 4.79 Å². The fourth-order valence-corrected chi connectivity index (χ4v) is 2.83. The normalized spacial score (nSPS) is 19.8. The number of rotatable bonds is 1. The summed E-state index contributed by atoms with van der Waals surface area (Å²) in [6.07, 6.45) is 7.63. The molecule has 0 bridgehead atoms. The van der Waals surface area contributed by atoms with Gasteiger partial charge in [-0.1, -0.05) is 6.42 Å². The van der Waals surface area contributed by atoms with Crippen molar-refractivity contribution in [3.63, 3.8) is 0 Å². The molecule has 0 amide bonds. The number of aromatic nitrogens is 4. The lowest BCUT2D eigenvalue weighted by molar-refractivity contribution is 0.700. The first-order chi connectivity index (χ1) is 8.83. The van der Waals surface area contributed by atoms with Crippen LogP contribution in [0, 0.1) is 0 Å². The van der Waals surface area contributed by atoms with Gasteiger partial charge in [-0.3, -0.25) is 9.78 Å². The van der Waals surface area contributed by atoms with Crippen LogP contribution in [0.4, 0.5) is 0 Å². The zero-order valence-corrected chi connectivity index (χ0v) is 10.3. The molecule has 5 heteroatoms. The highest BCUT2D eigenvalue weighted by molar-refractivity contribution is 5.34. The summed E-state index contributed by atoms with van der Waals surface area (Å²) in [4.78, 5) is 19.4. The maximum atomic E-state index is 12.1. The van der Waals surface area contributed by atoms with Gasteiger partial charge in [0.25, 0.3) is 5.56 Å². The number of H-pyrrole nitrogens is 1. The summed E-state index contributed by atoms with van der Waals surface area (Å²) in [5.41, 5.74) is 2.05. The Kier molecular flexibility index (Phi) is 2.10. The first-order valence-corrected chi connectivity index (χ1v) is 6.83. The minimum atomic E-state index is 0.0362. The van der Waals surface area contributed by atoms with Gasteiger partial charge < -0.3 is 0 Å². The van der Waals surface area contributed by atoms with Crippen molar-refractivity contribution in [3.05, 3.63) is 27.4 Å². The molecule has 5 nitrogen and oxygen atoms in total. The lowest BCUT2D eigenvalue weighted by atomic mass is 10.1. The molecule has 94 valence electrons. The number of nitrogens with one attached hydrogen (secondary N) is 1. The second-order valence-electron chi connectivity index (χ2n) is 5.42. The van der Waals surface area contributed by atoms with Crippen LogP contribution in [0.3, 0.4) is 0 Å². The van der Waals surface area contributed by atoms with Gasteiger partial charge in [-0.05, 0) is 38.5 Å². The topological polar surface area (TPSA) is 63.0 Å².